The summed E-state index contributed by atoms with van der Waals surface area (Å²) in [6.45, 7) is 7.45. The van der Waals surface area contributed by atoms with Gasteiger partial charge in [0.25, 0.3) is 5.56 Å². The Kier molecular flexibility index (Phi) is 7.39. The van der Waals surface area contributed by atoms with Crippen molar-refractivity contribution < 1.29 is 14.3 Å². The smallest absolute Gasteiger partial charge is 0.255 e. The molecule has 0 spiro atoms. The van der Waals surface area contributed by atoms with Crippen molar-refractivity contribution in [2.75, 3.05) is 44.9 Å². The molecule has 2 rings (SSSR count). The number of methoxy groups -OCH3 is 1. The first-order chi connectivity index (χ1) is 12.0. The number of aromatic nitrogens is 2. The minimum Gasteiger partial charge on any atom is -0.378 e. The Morgan fingerprint density at radius 2 is 2.12 bits per heavy atom. The molecule has 0 aromatic carbocycles. The molecule has 1 N–H and O–H groups in total. The van der Waals surface area contributed by atoms with Gasteiger partial charge in [0, 0.05) is 32.8 Å². The van der Waals surface area contributed by atoms with Crippen molar-refractivity contribution in [2.45, 2.75) is 33.4 Å². The van der Waals surface area contributed by atoms with Crippen LogP contribution < -0.4 is 15.8 Å². The Balaban J connectivity index is 2.19. The molecule has 0 radical (unpaired) electrons. The van der Waals surface area contributed by atoms with Crippen LogP contribution in [-0.4, -0.2) is 55.4 Å². The zero-order valence-corrected chi connectivity index (χ0v) is 15.3. The SMILES string of the molecule is COCc1cc(=O)n(CC(=O)NCCC(C)C)c(N2CCOCC2)n1. The number of hydrogen-bond acceptors (Lipinski definition) is 6. The van der Waals surface area contributed by atoms with E-state index in [-0.39, 0.29) is 24.6 Å². The van der Waals surface area contributed by atoms with Crippen LogP contribution in [0.4, 0.5) is 5.95 Å². The second kappa shape index (κ2) is 9.53. The maximum Gasteiger partial charge on any atom is 0.255 e. The predicted molar refractivity (Wildman–Crippen MR) is 94.7 cm³/mol. The highest BCUT2D eigenvalue weighted by Gasteiger charge is 2.20. The minimum absolute atomic E-state index is 0.0378. The summed E-state index contributed by atoms with van der Waals surface area (Å²) >= 11 is 0. The van der Waals surface area contributed by atoms with Gasteiger partial charge in [0.2, 0.25) is 11.9 Å². The number of ether oxygens (including phenoxy) is 2. The van der Waals surface area contributed by atoms with E-state index in [2.05, 4.69) is 24.1 Å². The summed E-state index contributed by atoms with van der Waals surface area (Å²) in [5.74, 6) is 0.835. The lowest BCUT2D eigenvalue weighted by Crippen LogP contribution is -2.42. The molecule has 8 heteroatoms. The van der Waals surface area contributed by atoms with E-state index in [0.29, 0.717) is 50.4 Å². The molecule has 0 atom stereocenters. The van der Waals surface area contributed by atoms with E-state index >= 15 is 0 Å². The lowest BCUT2D eigenvalue weighted by atomic mass is 10.1. The largest absolute Gasteiger partial charge is 0.378 e. The van der Waals surface area contributed by atoms with Crippen molar-refractivity contribution in [1.29, 1.82) is 0 Å². The molecule has 1 aliphatic heterocycles. The van der Waals surface area contributed by atoms with Crippen LogP contribution in [0, 0.1) is 5.92 Å². The molecule has 2 heterocycles. The number of hydrogen-bond donors (Lipinski definition) is 1. The van der Waals surface area contributed by atoms with Gasteiger partial charge in [-0.2, -0.15) is 0 Å². The first-order valence-electron chi connectivity index (χ1n) is 8.70. The van der Waals surface area contributed by atoms with Gasteiger partial charge >= 0.3 is 0 Å². The Bertz CT molecular complexity index is 624. The second-order valence-electron chi connectivity index (χ2n) is 6.54. The van der Waals surface area contributed by atoms with Crippen molar-refractivity contribution in [3.63, 3.8) is 0 Å². The van der Waals surface area contributed by atoms with Gasteiger partial charge in [-0.15, -0.1) is 0 Å². The van der Waals surface area contributed by atoms with E-state index in [1.807, 2.05) is 4.90 Å². The molecular weight excluding hydrogens is 324 g/mol. The predicted octanol–water partition coefficient (Wildman–Crippen LogP) is 0.389. The van der Waals surface area contributed by atoms with E-state index in [9.17, 15) is 9.59 Å². The number of carbonyl (C=O) groups is 1. The van der Waals surface area contributed by atoms with Crippen LogP contribution in [-0.2, 0) is 27.4 Å². The maximum absolute atomic E-state index is 12.5. The molecule has 1 aromatic heterocycles. The number of rotatable bonds is 8. The van der Waals surface area contributed by atoms with Gasteiger partial charge in [0.1, 0.15) is 6.54 Å². The van der Waals surface area contributed by atoms with Gasteiger partial charge in [0.05, 0.1) is 25.5 Å². The van der Waals surface area contributed by atoms with Gasteiger partial charge in [-0.05, 0) is 12.3 Å². The third-order valence-corrected chi connectivity index (χ3v) is 3.97. The molecule has 1 aromatic rings. The molecule has 0 bridgehead atoms. The maximum atomic E-state index is 12.5. The van der Waals surface area contributed by atoms with Crippen molar-refractivity contribution in [1.82, 2.24) is 14.9 Å². The summed E-state index contributed by atoms with van der Waals surface area (Å²) in [5, 5.41) is 2.87. The minimum atomic E-state index is -0.248. The van der Waals surface area contributed by atoms with E-state index in [4.69, 9.17) is 9.47 Å². The Morgan fingerprint density at radius 1 is 1.40 bits per heavy atom. The summed E-state index contributed by atoms with van der Waals surface area (Å²) in [6.07, 6.45) is 0.905. The molecule has 1 saturated heterocycles. The summed E-state index contributed by atoms with van der Waals surface area (Å²) < 4.78 is 11.9. The average molecular weight is 352 g/mol. The molecule has 25 heavy (non-hydrogen) atoms. The first kappa shape index (κ1) is 19.4. The normalized spacial score (nSPS) is 14.8. The number of nitrogens with zero attached hydrogens (tertiary/aromatic N) is 3. The molecule has 0 aliphatic carbocycles. The molecule has 140 valence electrons. The Hall–Kier alpha value is -1.93. The van der Waals surface area contributed by atoms with Crippen LogP contribution in [0.15, 0.2) is 10.9 Å². The fourth-order valence-electron chi connectivity index (χ4n) is 2.62. The summed E-state index contributed by atoms with van der Waals surface area (Å²) in [5.41, 5.74) is 0.313. The molecule has 1 aliphatic rings. The lowest BCUT2D eigenvalue weighted by molar-refractivity contribution is -0.121. The molecule has 8 nitrogen and oxygen atoms in total. The van der Waals surface area contributed by atoms with Crippen molar-refractivity contribution in [3.05, 3.63) is 22.1 Å². The zero-order valence-electron chi connectivity index (χ0n) is 15.3. The van der Waals surface area contributed by atoms with Gasteiger partial charge in [-0.25, -0.2) is 4.98 Å². The van der Waals surface area contributed by atoms with Crippen LogP contribution in [0.25, 0.3) is 0 Å². The monoisotopic (exact) mass is 352 g/mol. The highest BCUT2D eigenvalue weighted by molar-refractivity contribution is 5.76. The number of amides is 1. The van der Waals surface area contributed by atoms with Crippen molar-refractivity contribution in [3.8, 4) is 0 Å². The highest BCUT2D eigenvalue weighted by atomic mass is 16.5. The first-order valence-corrected chi connectivity index (χ1v) is 8.70. The van der Waals surface area contributed by atoms with Gasteiger partial charge < -0.3 is 19.7 Å². The standard InChI is InChI=1S/C17H28N4O4/c1-13(2)4-5-18-15(22)11-21-16(23)10-14(12-24-3)19-17(21)20-6-8-25-9-7-20/h10,13H,4-9,11-12H2,1-3H3,(H,18,22). The van der Waals surface area contributed by atoms with Crippen LogP contribution in [0.3, 0.4) is 0 Å². The van der Waals surface area contributed by atoms with Gasteiger partial charge in [-0.3, -0.25) is 14.2 Å². The number of nitrogens with one attached hydrogen (secondary N) is 1. The molecule has 1 amide bonds. The summed E-state index contributed by atoms with van der Waals surface area (Å²) in [7, 11) is 1.56. The molecule has 0 unspecified atom stereocenters. The quantitative estimate of drug-likeness (QED) is 0.728. The fourth-order valence-corrected chi connectivity index (χ4v) is 2.62. The third kappa shape index (κ3) is 5.82. The van der Waals surface area contributed by atoms with Crippen molar-refractivity contribution >= 4 is 11.9 Å². The molecule has 1 fully saturated rings. The van der Waals surface area contributed by atoms with Crippen LogP contribution in [0.1, 0.15) is 26.0 Å². The van der Waals surface area contributed by atoms with E-state index in [0.717, 1.165) is 6.42 Å². The number of morpholine rings is 1. The van der Waals surface area contributed by atoms with Gasteiger partial charge in [-0.1, -0.05) is 13.8 Å². The van der Waals surface area contributed by atoms with Gasteiger partial charge in [0.15, 0.2) is 0 Å². The zero-order chi connectivity index (χ0) is 18.2. The van der Waals surface area contributed by atoms with Crippen molar-refractivity contribution in [2.24, 2.45) is 5.92 Å². The van der Waals surface area contributed by atoms with E-state index in [1.165, 1.54) is 10.6 Å². The van der Waals surface area contributed by atoms with E-state index < -0.39 is 0 Å². The number of anilines is 1. The van der Waals surface area contributed by atoms with Crippen LogP contribution >= 0.6 is 0 Å². The fraction of sp³-hybridized carbons (Fsp3) is 0.706. The summed E-state index contributed by atoms with van der Waals surface area (Å²) in [6, 6.07) is 1.43. The van der Waals surface area contributed by atoms with Crippen LogP contribution in [0.2, 0.25) is 0 Å². The molecular formula is C17H28N4O4. The second-order valence-corrected chi connectivity index (χ2v) is 6.54. The number of carbonyl (C=O) groups excluding carboxylic acids is 1. The van der Waals surface area contributed by atoms with E-state index in [1.54, 1.807) is 7.11 Å². The highest BCUT2D eigenvalue weighted by Crippen LogP contribution is 2.12. The average Bonchev–Trinajstić information content (AvgIpc) is 2.58. The van der Waals surface area contributed by atoms with Crippen LogP contribution in [0.5, 0.6) is 0 Å². The Labute approximate surface area is 148 Å². The third-order valence-electron chi connectivity index (χ3n) is 3.97. The summed E-state index contributed by atoms with van der Waals surface area (Å²) in [4.78, 5) is 31.3. The topological polar surface area (TPSA) is 85.7 Å². The molecule has 0 saturated carbocycles. The Morgan fingerprint density at radius 3 is 2.76 bits per heavy atom. The lowest BCUT2D eigenvalue weighted by Gasteiger charge is -2.29.